The molecule has 2 nitrogen and oxygen atoms in total. The third kappa shape index (κ3) is 2.13. The fraction of sp³-hybridized carbons (Fsp3) is 0. The summed E-state index contributed by atoms with van der Waals surface area (Å²) in [5.74, 6) is 0.885. The highest BCUT2D eigenvalue weighted by Gasteiger charge is 1.94. The van der Waals surface area contributed by atoms with E-state index in [-0.39, 0.29) is 0 Å². The lowest BCUT2D eigenvalue weighted by molar-refractivity contribution is 1.32. The number of nitrogens with zero attached hydrogens (tertiary/aromatic N) is 1. The summed E-state index contributed by atoms with van der Waals surface area (Å²) in [6.07, 6.45) is 1.81. The molecule has 0 aliphatic heterocycles. The molecule has 1 aromatic heterocycles. The van der Waals surface area contributed by atoms with Gasteiger partial charge in [0.05, 0.1) is 0 Å². The second-order valence-electron chi connectivity index (χ2n) is 3.21. The van der Waals surface area contributed by atoms with Gasteiger partial charge in [-0.1, -0.05) is 23.7 Å². The standard InChI is InChI=1S/C11H11BN2/c12-9-6-7-13-11(8-9)14-10-4-2-1-3-5-10/h1-8H,12H2,(H,13,14). The van der Waals surface area contributed by atoms with Gasteiger partial charge in [-0.05, 0) is 24.3 Å². The zero-order valence-electron chi connectivity index (χ0n) is 8.07. The molecule has 0 aliphatic rings. The molecule has 0 unspecified atom stereocenters. The van der Waals surface area contributed by atoms with Gasteiger partial charge >= 0.3 is 0 Å². The van der Waals surface area contributed by atoms with Crippen molar-refractivity contribution in [3.05, 3.63) is 48.7 Å². The van der Waals surface area contributed by atoms with Crippen molar-refractivity contribution in [1.29, 1.82) is 0 Å². The van der Waals surface area contributed by atoms with E-state index in [2.05, 4.69) is 18.1 Å². The second-order valence-corrected chi connectivity index (χ2v) is 3.21. The van der Waals surface area contributed by atoms with E-state index in [9.17, 15) is 0 Å². The van der Waals surface area contributed by atoms with Gasteiger partial charge in [-0.2, -0.15) is 0 Å². The zero-order valence-corrected chi connectivity index (χ0v) is 8.07. The van der Waals surface area contributed by atoms with Crippen molar-refractivity contribution in [2.75, 3.05) is 5.32 Å². The van der Waals surface area contributed by atoms with Gasteiger partial charge < -0.3 is 5.32 Å². The summed E-state index contributed by atoms with van der Waals surface area (Å²) < 4.78 is 0. The van der Waals surface area contributed by atoms with E-state index in [1.807, 2.05) is 42.5 Å². The monoisotopic (exact) mass is 182 g/mol. The molecular weight excluding hydrogens is 171 g/mol. The molecule has 1 N–H and O–H groups in total. The number of pyridine rings is 1. The molecule has 2 rings (SSSR count). The highest BCUT2D eigenvalue weighted by atomic mass is 15.0. The largest absolute Gasteiger partial charge is 0.340 e. The minimum Gasteiger partial charge on any atom is -0.340 e. The molecule has 14 heavy (non-hydrogen) atoms. The van der Waals surface area contributed by atoms with Crippen LogP contribution in [-0.2, 0) is 0 Å². The Bertz CT molecular complexity index is 415. The Balaban J connectivity index is 2.19. The van der Waals surface area contributed by atoms with Crippen molar-refractivity contribution in [2.24, 2.45) is 0 Å². The fourth-order valence-corrected chi connectivity index (χ4v) is 1.27. The van der Waals surface area contributed by atoms with Crippen LogP contribution in [0, 0.1) is 0 Å². The summed E-state index contributed by atoms with van der Waals surface area (Å²) >= 11 is 0. The van der Waals surface area contributed by atoms with Crippen molar-refractivity contribution in [3.63, 3.8) is 0 Å². The van der Waals surface area contributed by atoms with Crippen molar-refractivity contribution in [1.82, 2.24) is 4.98 Å². The number of anilines is 2. The summed E-state index contributed by atoms with van der Waals surface area (Å²) in [6.45, 7) is 0. The first-order chi connectivity index (χ1) is 6.84. The first-order valence-corrected chi connectivity index (χ1v) is 4.59. The molecule has 0 atom stereocenters. The van der Waals surface area contributed by atoms with E-state index in [4.69, 9.17) is 0 Å². The van der Waals surface area contributed by atoms with E-state index in [0.29, 0.717) is 0 Å². The molecule has 68 valence electrons. The quantitative estimate of drug-likeness (QED) is 0.703. The minimum atomic E-state index is 0.885. The molecule has 0 saturated carbocycles. The Morgan fingerprint density at radius 1 is 1.07 bits per heavy atom. The van der Waals surface area contributed by atoms with Crippen molar-refractivity contribution >= 4 is 24.8 Å². The Morgan fingerprint density at radius 3 is 2.57 bits per heavy atom. The van der Waals surface area contributed by atoms with E-state index >= 15 is 0 Å². The van der Waals surface area contributed by atoms with Gasteiger partial charge in [0.1, 0.15) is 13.7 Å². The van der Waals surface area contributed by atoms with Gasteiger partial charge in [0.2, 0.25) is 0 Å². The normalized spacial score (nSPS) is 9.71. The maximum absolute atomic E-state index is 4.22. The number of rotatable bonds is 2. The lowest BCUT2D eigenvalue weighted by atomic mass is 9.98. The molecule has 0 fully saturated rings. The van der Waals surface area contributed by atoms with E-state index < -0.39 is 0 Å². The summed E-state index contributed by atoms with van der Waals surface area (Å²) in [5, 5.41) is 3.23. The molecule has 0 saturated heterocycles. The second kappa shape index (κ2) is 3.96. The SMILES string of the molecule is Bc1ccnc(Nc2ccccc2)c1. The van der Waals surface area contributed by atoms with Crippen LogP contribution >= 0.6 is 0 Å². The molecular formula is C11H11BN2. The molecule has 0 amide bonds. The maximum Gasteiger partial charge on any atom is 0.139 e. The van der Waals surface area contributed by atoms with E-state index in [1.54, 1.807) is 6.20 Å². The number of benzene rings is 1. The third-order valence-electron chi connectivity index (χ3n) is 1.96. The van der Waals surface area contributed by atoms with Crippen LogP contribution in [-0.4, -0.2) is 12.8 Å². The van der Waals surface area contributed by atoms with Crippen LogP contribution in [0.4, 0.5) is 11.5 Å². The fourth-order valence-electron chi connectivity index (χ4n) is 1.27. The van der Waals surface area contributed by atoms with Gasteiger partial charge in [-0.25, -0.2) is 4.98 Å². The maximum atomic E-state index is 4.22. The van der Waals surface area contributed by atoms with Crippen LogP contribution in [0.2, 0.25) is 0 Å². The number of hydrogen-bond acceptors (Lipinski definition) is 2. The summed E-state index contributed by atoms with van der Waals surface area (Å²) in [6, 6.07) is 14.0. The van der Waals surface area contributed by atoms with Gasteiger partial charge in [0.25, 0.3) is 0 Å². The summed E-state index contributed by atoms with van der Waals surface area (Å²) in [4.78, 5) is 4.22. The number of aromatic nitrogens is 1. The zero-order chi connectivity index (χ0) is 9.80. The molecule has 0 spiro atoms. The predicted octanol–water partition coefficient (Wildman–Crippen LogP) is 1.08. The Morgan fingerprint density at radius 2 is 1.86 bits per heavy atom. The van der Waals surface area contributed by atoms with Crippen LogP contribution in [0.25, 0.3) is 0 Å². The Kier molecular flexibility index (Phi) is 2.50. The molecule has 2 aromatic rings. The van der Waals surface area contributed by atoms with Crippen molar-refractivity contribution in [2.45, 2.75) is 0 Å². The van der Waals surface area contributed by atoms with E-state index in [0.717, 1.165) is 11.5 Å². The molecule has 1 aromatic carbocycles. The van der Waals surface area contributed by atoms with Crippen LogP contribution in [0.1, 0.15) is 0 Å². The minimum absolute atomic E-state index is 0.885. The van der Waals surface area contributed by atoms with Crippen molar-refractivity contribution in [3.8, 4) is 0 Å². The van der Waals surface area contributed by atoms with Crippen LogP contribution in [0.15, 0.2) is 48.7 Å². The summed E-state index contributed by atoms with van der Waals surface area (Å²) in [7, 11) is 2.05. The molecule has 1 heterocycles. The van der Waals surface area contributed by atoms with Gasteiger partial charge in [0, 0.05) is 11.9 Å². The van der Waals surface area contributed by atoms with Crippen LogP contribution in [0.3, 0.4) is 0 Å². The molecule has 3 heteroatoms. The number of nitrogens with one attached hydrogen (secondary N) is 1. The number of hydrogen-bond donors (Lipinski definition) is 1. The van der Waals surface area contributed by atoms with E-state index in [1.165, 1.54) is 5.46 Å². The molecule has 0 radical (unpaired) electrons. The highest BCUT2D eigenvalue weighted by molar-refractivity contribution is 6.32. The van der Waals surface area contributed by atoms with Crippen LogP contribution < -0.4 is 10.8 Å². The average molecular weight is 182 g/mol. The lowest BCUT2D eigenvalue weighted by Crippen LogP contribution is -2.04. The van der Waals surface area contributed by atoms with Gasteiger partial charge in [-0.15, -0.1) is 0 Å². The van der Waals surface area contributed by atoms with Gasteiger partial charge in [-0.3, -0.25) is 0 Å². The van der Waals surface area contributed by atoms with Gasteiger partial charge in [0.15, 0.2) is 0 Å². The molecule has 0 aliphatic carbocycles. The summed E-state index contributed by atoms with van der Waals surface area (Å²) in [5.41, 5.74) is 2.27. The predicted molar refractivity (Wildman–Crippen MR) is 62.1 cm³/mol. The smallest absolute Gasteiger partial charge is 0.139 e. The Hall–Kier alpha value is -1.77. The lowest BCUT2D eigenvalue weighted by Gasteiger charge is -2.05. The van der Waals surface area contributed by atoms with Crippen molar-refractivity contribution < 1.29 is 0 Å². The molecule has 0 bridgehead atoms. The third-order valence-corrected chi connectivity index (χ3v) is 1.96. The first kappa shape index (κ1) is 8.82. The highest BCUT2D eigenvalue weighted by Crippen LogP contribution is 2.11. The topological polar surface area (TPSA) is 24.9 Å². The Labute approximate surface area is 84.4 Å². The first-order valence-electron chi connectivity index (χ1n) is 4.59. The number of para-hydroxylation sites is 1. The average Bonchev–Trinajstić information content (AvgIpc) is 2.19. The van der Waals surface area contributed by atoms with Crippen LogP contribution in [0.5, 0.6) is 0 Å².